The average molecular weight is 363 g/mol. The van der Waals surface area contributed by atoms with Crippen LogP contribution >= 0.6 is 11.6 Å². The van der Waals surface area contributed by atoms with Crippen molar-refractivity contribution in [3.8, 4) is 0 Å². The second-order valence-corrected chi connectivity index (χ2v) is 7.96. The molecule has 5 heteroatoms. The number of halogens is 1. The summed E-state index contributed by atoms with van der Waals surface area (Å²) in [4.78, 5) is 7.21. The maximum absolute atomic E-state index is 6.12. The molecule has 0 spiro atoms. The lowest BCUT2D eigenvalue weighted by Crippen LogP contribution is -2.50. The van der Waals surface area contributed by atoms with Crippen LogP contribution in [0.5, 0.6) is 0 Å². The fourth-order valence-corrected chi connectivity index (χ4v) is 3.88. The van der Waals surface area contributed by atoms with E-state index in [2.05, 4.69) is 53.4 Å². The predicted octanol–water partition coefficient (Wildman–Crippen LogP) is 3.62. The largest absolute Gasteiger partial charge is 0.354 e. The quantitative estimate of drug-likeness (QED) is 0.620. The number of hydrogen-bond donors (Lipinski definition) is 2. The molecule has 1 heterocycles. The summed E-state index contributed by atoms with van der Waals surface area (Å²) in [7, 11) is 0. The van der Waals surface area contributed by atoms with Crippen LogP contribution in [0.4, 0.5) is 0 Å². The van der Waals surface area contributed by atoms with Gasteiger partial charge in [0.05, 0.1) is 0 Å². The molecule has 1 aliphatic heterocycles. The fraction of sp³-hybridized carbons (Fsp3) is 0.650. The van der Waals surface area contributed by atoms with E-state index in [0.29, 0.717) is 24.0 Å². The van der Waals surface area contributed by atoms with E-state index in [1.54, 1.807) is 0 Å². The summed E-state index contributed by atoms with van der Waals surface area (Å²) in [5.74, 6) is 1.52. The monoisotopic (exact) mass is 362 g/mol. The zero-order valence-corrected chi connectivity index (χ0v) is 16.4. The summed E-state index contributed by atoms with van der Waals surface area (Å²) >= 11 is 6.12. The fourth-order valence-electron chi connectivity index (χ4n) is 3.68. The predicted molar refractivity (Wildman–Crippen MR) is 107 cm³/mol. The minimum Gasteiger partial charge on any atom is -0.354 e. The van der Waals surface area contributed by atoms with Crippen molar-refractivity contribution >= 4 is 17.6 Å². The van der Waals surface area contributed by atoms with Gasteiger partial charge in [0.2, 0.25) is 0 Å². The molecule has 2 atom stereocenters. The highest BCUT2D eigenvalue weighted by molar-refractivity contribution is 6.30. The number of piperidine rings is 1. The molecule has 2 fully saturated rings. The van der Waals surface area contributed by atoms with Gasteiger partial charge in [-0.3, -0.25) is 4.99 Å². The van der Waals surface area contributed by atoms with Crippen molar-refractivity contribution in [2.24, 2.45) is 4.99 Å². The zero-order chi connectivity index (χ0) is 17.8. The molecule has 1 aromatic carbocycles. The van der Waals surface area contributed by atoms with Crippen LogP contribution in [-0.2, 0) is 0 Å². The van der Waals surface area contributed by atoms with Crippen LogP contribution in [0.25, 0.3) is 0 Å². The summed E-state index contributed by atoms with van der Waals surface area (Å²) in [6.45, 7) is 9.79. The summed E-state index contributed by atoms with van der Waals surface area (Å²) in [6, 6.07) is 9.86. The first-order valence-corrected chi connectivity index (χ1v) is 10.0. The van der Waals surface area contributed by atoms with Gasteiger partial charge in [-0.1, -0.05) is 23.7 Å². The van der Waals surface area contributed by atoms with Crippen molar-refractivity contribution in [3.05, 3.63) is 34.9 Å². The van der Waals surface area contributed by atoms with Crippen molar-refractivity contribution in [1.82, 2.24) is 15.5 Å². The maximum Gasteiger partial charge on any atom is 0.191 e. The standard InChI is InChI=1S/C20H31ClN4/c1-4-22-20(23-17-8-10-25(11-9-17)14(2)3)24-19-13-18(19)15-6-5-7-16(21)12-15/h5-7,12,14,17-19H,4,8-11,13H2,1-3H3,(H2,22,23,24). The van der Waals surface area contributed by atoms with Gasteiger partial charge in [0.1, 0.15) is 0 Å². The molecule has 0 radical (unpaired) electrons. The molecule has 1 saturated heterocycles. The normalized spacial score (nSPS) is 25.2. The second-order valence-electron chi connectivity index (χ2n) is 7.52. The van der Waals surface area contributed by atoms with Crippen molar-refractivity contribution in [3.63, 3.8) is 0 Å². The Balaban J connectivity index is 1.51. The number of guanidine groups is 1. The Kier molecular flexibility index (Phi) is 6.24. The number of aliphatic imine (C=N–C) groups is 1. The van der Waals surface area contributed by atoms with E-state index in [0.717, 1.165) is 23.9 Å². The molecule has 138 valence electrons. The molecule has 2 N–H and O–H groups in total. The molecule has 3 rings (SSSR count). The number of benzene rings is 1. The highest BCUT2D eigenvalue weighted by Crippen LogP contribution is 2.41. The molecule has 0 bridgehead atoms. The van der Waals surface area contributed by atoms with E-state index in [9.17, 15) is 0 Å². The molecule has 25 heavy (non-hydrogen) atoms. The molecular formula is C20H31ClN4. The Hall–Kier alpha value is -1.26. The smallest absolute Gasteiger partial charge is 0.191 e. The van der Waals surface area contributed by atoms with Crippen molar-refractivity contribution < 1.29 is 0 Å². The maximum atomic E-state index is 6.12. The third kappa shape index (κ3) is 5.11. The van der Waals surface area contributed by atoms with E-state index in [1.807, 2.05) is 12.1 Å². The Morgan fingerprint density at radius 1 is 1.28 bits per heavy atom. The van der Waals surface area contributed by atoms with Gasteiger partial charge in [-0.15, -0.1) is 0 Å². The van der Waals surface area contributed by atoms with Gasteiger partial charge < -0.3 is 15.5 Å². The van der Waals surface area contributed by atoms with E-state index in [-0.39, 0.29) is 0 Å². The van der Waals surface area contributed by atoms with Crippen LogP contribution in [0.3, 0.4) is 0 Å². The van der Waals surface area contributed by atoms with Crippen LogP contribution in [0.1, 0.15) is 51.5 Å². The van der Waals surface area contributed by atoms with Crippen LogP contribution in [0.2, 0.25) is 5.02 Å². The van der Waals surface area contributed by atoms with Gasteiger partial charge in [0.25, 0.3) is 0 Å². The number of nitrogens with zero attached hydrogens (tertiary/aromatic N) is 2. The molecule has 4 nitrogen and oxygen atoms in total. The van der Waals surface area contributed by atoms with Gasteiger partial charge >= 0.3 is 0 Å². The number of nitrogens with one attached hydrogen (secondary N) is 2. The molecular weight excluding hydrogens is 332 g/mol. The van der Waals surface area contributed by atoms with Gasteiger partial charge in [0.15, 0.2) is 5.96 Å². The molecule has 1 aliphatic carbocycles. The summed E-state index contributed by atoms with van der Waals surface area (Å²) < 4.78 is 0. The Morgan fingerprint density at radius 2 is 2.04 bits per heavy atom. The Bertz CT molecular complexity index is 593. The van der Waals surface area contributed by atoms with Gasteiger partial charge in [0, 0.05) is 48.7 Å². The van der Waals surface area contributed by atoms with Crippen LogP contribution < -0.4 is 10.6 Å². The molecule has 0 aromatic heterocycles. The lowest BCUT2D eigenvalue weighted by Gasteiger charge is -2.35. The van der Waals surface area contributed by atoms with E-state index >= 15 is 0 Å². The highest BCUT2D eigenvalue weighted by atomic mass is 35.5. The van der Waals surface area contributed by atoms with Gasteiger partial charge in [-0.25, -0.2) is 0 Å². The SMILES string of the molecule is CCN=C(NC1CCN(C(C)C)CC1)NC1CC1c1cccc(Cl)c1. The van der Waals surface area contributed by atoms with E-state index < -0.39 is 0 Å². The minimum atomic E-state index is 0.465. The molecule has 2 aliphatic rings. The summed E-state index contributed by atoms with van der Waals surface area (Å²) in [5, 5.41) is 8.10. The number of likely N-dealkylation sites (tertiary alicyclic amines) is 1. The summed E-state index contributed by atoms with van der Waals surface area (Å²) in [6.07, 6.45) is 3.52. The highest BCUT2D eigenvalue weighted by Gasteiger charge is 2.39. The molecule has 2 unspecified atom stereocenters. The van der Waals surface area contributed by atoms with Crippen molar-refractivity contribution in [2.75, 3.05) is 19.6 Å². The lowest BCUT2D eigenvalue weighted by molar-refractivity contribution is 0.167. The first kappa shape index (κ1) is 18.5. The van der Waals surface area contributed by atoms with E-state index in [4.69, 9.17) is 11.6 Å². The molecule has 1 aromatic rings. The van der Waals surface area contributed by atoms with E-state index in [1.165, 1.54) is 31.5 Å². The van der Waals surface area contributed by atoms with Crippen molar-refractivity contribution in [1.29, 1.82) is 0 Å². The molecule has 1 saturated carbocycles. The first-order chi connectivity index (χ1) is 12.1. The second kappa shape index (κ2) is 8.41. The Morgan fingerprint density at radius 3 is 2.68 bits per heavy atom. The molecule has 0 amide bonds. The third-order valence-electron chi connectivity index (χ3n) is 5.31. The Labute approximate surface area is 157 Å². The van der Waals surface area contributed by atoms with Crippen molar-refractivity contribution in [2.45, 2.75) is 64.1 Å². The lowest BCUT2D eigenvalue weighted by atomic mass is 10.0. The summed E-state index contributed by atoms with van der Waals surface area (Å²) in [5.41, 5.74) is 1.33. The van der Waals surface area contributed by atoms with Crippen LogP contribution in [0, 0.1) is 0 Å². The van der Waals surface area contributed by atoms with Crippen LogP contribution in [-0.4, -0.2) is 48.6 Å². The number of rotatable bonds is 5. The van der Waals surface area contributed by atoms with Crippen LogP contribution in [0.15, 0.2) is 29.3 Å². The topological polar surface area (TPSA) is 39.7 Å². The zero-order valence-electron chi connectivity index (χ0n) is 15.6. The van der Waals surface area contributed by atoms with Gasteiger partial charge in [-0.2, -0.15) is 0 Å². The third-order valence-corrected chi connectivity index (χ3v) is 5.54. The minimum absolute atomic E-state index is 0.465. The van der Waals surface area contributed by atoms with Gasteiger partial charge in [-0.05, 0) is 57.7 Å². The average Bonchev–Trinajstić information content (AvgIpc) is 3.35. The number of hydrogen-bond acceptors (Lipinski definition) is 2. The first-order valence-electron chi connectivity index (χ1n) is 9.63.